The number of nitrogens with one attached hydrogen (secondary N) is 1. The van der Waals surface area contributed by atoms with E-state index in [4.69, 9.17) is 0 Å². The summed E-state index contributed by atoms with van der Waals surface area (Å²) in [6.07, 6.45) is 7.57. The topological polar surface area (TPSA) is 89.3 Å². The average molecular weight is 478 g/mol. The number of ether oxygens (including phenoxy) is 1. The summed E-state index contributed by atoms with van der Waals surface area (Å²) in [4.78, 5) is 35.1. The van der Waals surface area contributed by atoms with Crippen molar-refractivity contribution in [3.63, 3.8) is 0 Å². The fraction of sp³-hybridized carbons (Fsp3) is 0.280. The van der Waals surface area contributed by atoms with Crippen LogP contribution in [-0.2, 0) is 17.7 Å². The molecule has 1 N–H and O–H groups in total. The number of hydrogen-bond acceptors (Lipinski definition) is 7. The number of carbonyl (C=O) groups excluding carboxylic acids is 2. The van der Waals surface area contributed by atoms with E-state index in [1.165, 1.54) is 24.0 Å². The zero-order chi connectivity index (χ0) is 24.1. The molecule has 0 fully saturated rings. The van der Waals surface area contributed by atoms with Crippen LogP contribution in [0.25, 0.3) is 10.2 Å². The highest BCUT2D eigenvalue weighted by molar-refractivity contribution is 7.22. The molecule has 34 heavy (non-hydrogen) atoms. The number of aromatic nitrogens is 3. The fourth-order valence-corrected chi connectivity index (χ4v) is 4.65. The number of nitrogens with zero attached hydrogens (tertiary/aromatic N) is 4. The van der Waals surface area contributed by atoms with Gasteiger partial charge in [0.15, 0.2) is 5.13 Å². The van der Waals surface area contributed by atoms with Gasteiger partial charge in [0.05, 0.1) is 29.2 Å². The normalized spacial score (nSPS) is 12.1. The molecular formula is C25H27N5O3S. The zero-order valence-electron chi connectivity index (χ0n) is 19.4. The molecule has 8 nitrogen and oxygen atoms in total. The molecule has 2 aromatic heterocycles. The van der Waals surface area contributed by atoms with Gasteiger partial charge < -0.3 is 14.2 Å². The molecule has 2 aromatic carbocycles. The first kappa shape index (κ1) is 23.6. The lowest BCUT2D eigenvalue weighted by atomic mass is 10.0. The molecule has 0 aliphatic carbocycles. The number of benzene rings is 2. The first-order valence-corrected chi connectivity index (χ1v) is 11.8. The molecule has 0 radical (unpaired) electrons. The highest BCUT2D eigenvalue weighted by Gasteiger charge is 2.15. The summed E-state index contributed by atoms with van der Waals surface area (Å²) in [6.45, 7) is 0.919. The van der Waals surface area contributed by atoms with Gasteiger partial charge in [0, 0.05) is 30.5 Å². The van der Waals surface area contributed by atoms with Gasteiger partial charge in [-0.2, -0.15) is 0 Å². The molecule has 0 saturated heterocycles. The van der Waals surface area contributed by atoms with Crippen molar-refractivity contribution in [2.75, 3.05) is 26.5 Å². The van der Waals surface area contributed by atoms with Crippen LogP contribution >= 0.6 is 11.3 Å². The summed E-state index contributed by atoms with van der Waals surface area (Å²) >= 11 is 1.45. The van der Waals surface area contributed by atoms with Gasteiger partial charge in [-0.3, -0.25) is 10.1 Å². The maximum absolute atomic E-state index is 12.6. The van der Waals surface area contributed by atoms with Crippen molar-refractivity contribution >= 4 is 38.6 Å². The van der Waals surface area contributed by atoms with Crippen LogP contribution in [0.3, 0.4) is 0 Å². The summed E-state index contributed by atoms with van der Waals surface area (Å²) < 4.78 is 7.82. The maximum atomic E-state index is 12.6. The van der Waals surface area contributed by atoms with Crippen molar-refractivity contribution in [1.29, 1.82) is 0 Å². The number of imidazole rings is 1. The van der Waals surface area contributed by atoms with E-state index in [2.05, 4.69) is 55.7 Å². The second-order valence-corrected chi connectivity index (χ2v) is 9.29. The van der Waals surface area contributed by atoms with Crippen LogP contribution in [0.1, 0.15) is 32.7 Å². The Bertz CT molecular complexity index is 1270. The Morgan fingerprint density at radius 3 is 2.59 bits per heavy atom. The van der Waals surface area contributed by atoms with E-state index in [-0.39, 0.29) is 5.91 Å². The largest absolute Gasteiger partial charge is 0.465 e. The molecule has 9 heteroatoms. The van der Waals surface area contributed by atoms with Crippen LogP contribution in [0.2, 0.25) is 0 Å². The van der Waals surface area contributed by atoms with Gasteiger partial charge in [0.1, 0.15) is 0 Å². The lowest BCUT2D eigenvalue weighted by molar-refractivity contribution is 0.0600. The number of aryl methyl sites for hydroxylation is 1. The Kier molecular flexibility index (Phi) is 7.34. The number of methoxy groups -OCH3 is 1. The second kappa shape index (κ2) is 10.6. The third kappa shape index (κ3) is 5.67. The molecule has 4 aromatic rings. The molecule has 4 rings (SSSR count). The molecule has 2 heterocycles. The van der Waals surface area contributed by atoms with Crippen LogP contribution in [-0.4, -0.2) is 58.6 Å². The standard InChI is InChI=1S/C25H27N5O3S/c1-29(2)20(10-12-30-13-11-26-16-30)14-17-4-9-21-22(15-17)34-25(27-21)28-23(31)18-5-7-19(8-6-18)24(32)33-3/h4-9,11,13,15-16,20H,10,12,14H2,1-3H3,(H,27,28,31). The Morgan fingerprint density at radius 2 is 1.91 bits per heavy atom. The van der Waals surface area contributed by atoms with Crippen LogP contribution in [0, 0.1) is 0 Å². The Balaban J connectivity index is 1.42. The molecule has 0 bridgehead atoms. The molecule has 0 aliphatic rings. The molecule has 0 aliphatic heterocycles. The summed E-state index contributed by atoms with van der Waals surface area (Å²) in [6, 6.07) is 13.0. The Morgan fingerprint density at radius 1 is 1.15 bits per heavy atom. The molecule has 1 atom stereocenters. The highest BCUT2D eigenvalue weighted by Crippen LogP contribution is 2.28. The molecule has 1 unspecified atom stereocenters. The number of anilines is 1. The predicted molar refractivity (Wildman–Crippen MR) is 133 cm³/mol. The number of esters is 1. The Labute approximate surface area is 202 Å². The van der Waals surface area contributed by atoms with Crippen molar-refractivity contribution in [3.8, 4) is 0 Å². The van der Waals surface area contributed by atoms with Crippen LogP contribution in [0.15, 0.2) is 61.2 Å². The van der Waals surface area contributed by atoms with Crippen molar-refractivity contribution in [2.45, 2.75) is 25.4 Å². The smallest absolute Gasteiger partial charge is 0.337 e. The summed E-state index contributed by atoms with van der Waals surface area (Å²) in [5, 5.41) is 3.40. The van der Waals surface area contributed by atoms with Gasteiger partial charge in [0.25, 0.3) is 5.91 Å². The van der Waals surface area contributed by atoms with Crippen molar-refractivity contribution < 1.29 is 14.3 Å². The quantitative estimate of drug-likeness (QED) is 0.365. The van der Waals surface area contributed by atoms with Crippen LogP contribution < -0.4 is 5.32 Å². The summed E-state index contributed by atoms with van der Waals surface area (Å²) in [5.41, 5.74) is 2.92. The van der Waals surface area contributed by atoms with E-state index < -0.39 is 5.97 Å². The lowest BCUT2D eigenvalue weighted by Crippen LogP contribution is -2.31. The highest BCUT2D eigenvalue weighted by atomic mass is 32.1. The number of likely N-dealkylation sites (N-methyl/N-ethyl adjacent to an activating group) is 1. The first-order chi connectivity index (χ1) is 16.4. The molecular weight excluding hydrogens is 450 g/mol. The van der Waals surface area contributed by atoms with E-state index in [1.807, 2.05) is 18.6 Å². The van der Waals surface area contributed by atoms with Gasteiger partial charge in [-0.05, 0) is 68.9 Å². The predicted octanol–water partition coefficient (Wildman–Crippen LogP) is 4.09. The zero-order valence-corrected chi connectivity index (χ0v) is 20.2. The average Bonchev–Trinajstić information content (AvgIpc) is 3.50. The maximum Gasteiger partial charge on any atom is 0.337 e. The summed E-state index contributed by atoms with van der Waals surface area (Å²) in [5.74, 6) is -0.713. The van der Waals surface area contributed by atoms with Crippen molar-refractivity contribution in [3.05, 3.63) is 77.9 Å². The van der Waals surface area contributed by atoms with E-state index >= 15 is 0 Å². The number of hydrogen-bond donors (Lipinski definition) is 1. The third-order valence-corrected chi connectivity index (χ3v) is 6.66. The SMILES string of the molecule is COC(=O)c1ccc(C(=O)Nc2nc3ccc(CC(CCn4ccnc4)N(C)C)cc3s2)cc1. The monoisotopic (exact) mass is 477 g/mol. The molecule has 0 spiro atoms. The van der Waals surface area contributed by atoms with Gasteiger partial charge >= 0.3 is 5.97 Å². The molecule has 0 saturated carbocycles. The number of rotatable bonds is 9. The second-order valence-electron chi connectivity index (χ2n) is 8.25. The van der Waals surface area contributed by atoms with Crippen LogP contribution in [0.4, 0.5) is 5.13 Å². The van der Waals surface area contributed by atoms with Crippen LogP contribution in [0.5, 0.6) is 0 Å². The third-order valence-electron chi connectivity index (χ3n) is 5.72. The number of amides is 1. The van der Waals surface area contributed by atoms with Gasteiger partial charge in [-0.1, -0.05) is 17.4 Å². The molecule has 1 amide bonds. The van der Waals surface area contributed by atoms with E-state index in [9.17, 15) is 9.59 Å². The van der Waals surface area contributed by atoms with Gasteiger partial charge in [-0.25, -0.2) is 14.8 Å². The fourth-order valence-electron chi connectivity index (χ4n) is 3.73. The minimum atomic E-state index is -0.438. The molecule has 176 valence electrons. The van der Waals surface area contributed by atoms with Crippen molar-refractivity contribution in [2.24, 2.45) is 0 Å². The van der Waals surface area contributed by atoms with E-state index in [1.54, 1.807) is 30.5 Å². The van der Waals surface area contributed by atoms with E-state index in [0.29, 0.717) is 22.3 Å². The lowest BCUT2D eigenvalue weighted by Gasteiger charge is -2.24. The van der Waals surface area contributed by atoms with Crippen molar-refractivity contribution in [1.82, 2.24) is 19.4 Å². The number of carbonyl (C=O) groups is 2. The minimum Gasteiger partial charge on any atom is -0.465 e. The number of thiazole rings is 1. The number of fused-ring (bicyclic) bond motifs is 1. The Hall–Kier alpha value is -3.56. The minimum absolute atomic E-state index is 0.275. The first-order valence-electron chi connectivity index (χ1n) is 10.9. The van der Waals surface area contributed by atoms with E-state index in [0.717, 1.165) is 29.6 Å². The van der Waals surface area contributed by atoms with Gasteiger partial charge in [0.2, 0.25) is 0 Å². The van der Waals surface area contributed by atoms with Gasteiger partial charge in [-0.15, -0.1) is 0 Å². The summed E-state index contributed by atoms with van der Waals surface area (Å²) in [7, 11) is 5.54.